The summed E-state index contributed by atoms with van der Waals surface area (Å²) in [5, 5.41) is 0. The van der Waals surface area contributed by atoms with Gasteiger partial charge in [0.05, 0.1) is 0 Å². The van der Waals surface area contributed by atoms with Gasteiger partial charge in [-0.3, -0.25) is 0 Å². The van der Waals surface area contributed by atoms with Gasteiger partial charge in [-0.25, -0.2) is 4.98 Å². The molecule has 0 spiro atoms. The van der Waals surface area contributed by atoms with E-state index >= 15 is 0 Å². The molecular formula is C14H18BrClN2O. The summed E-state index contributed by atoms with van der Waals surface area (Å²) in [5.41, 5.74) is 0. The van der Waals surface area contributed by atoms with Gasteiger partial charge < -0.3 is 9.64 Å². The molecule has 1 saturated carbocycles. The van der Waals surface area contributed by atoms with Crippen LogP contribution in [0.1, 0.15) is 12.8 Å². The number of pyridine rings is 1. The second-order valence-corrected chi connectivity index (χ2v) is 6.89. The highest BCUT2D eigenvalue weighted by Gasteiger charge is 2.48. The Morgan fingerprint density at radius 1 is 1.16 bits per heavy atom. The largest absolute Gasteiger partial charge is 0.474 e. The summed E-state index contributed by atoms with van der Waals surface area (Å²) >= 11 is 3.41. The van der Waals surface area contributed by atoms with E-state index in [2.05, 4.69) is 25.8 Å². The predicted molar refractivity (Wildman–Crippen MR) is 79.7 cm³/mol. The molecule has 0 N–H and O–H groups in total. The molecule has 3 saturated heterocycles. The third kappa shape index (κ3) is 2.50. The minimum atomic E-state index is 0. The summed E-state index contributed by atoms with van der Waals surface area (Å²) in [6.07, 6.45) is 4.92. The Kier molecular flexibility index (Phi) is 3.76. The minimum Gasteiger partial charge on any atom is -0.474 e. The minimum absolute atomic E-state index is 0. The molecule has 0 aromatic carbocycles. The normalized spacial score (nSPS) is 38.9. The first-order valence-corrected chi connectivity index (χ1v) is 7.58. The zero-order valence-corrected chi connectivity index (χ0v) is 13.1. The molecule has 3 aliphatic heterocycles. The Morgan fingerprint density at radius 2 is 1.89 bits per heavy atom. The molecular weight excluding hydrogens is 328 g/mol. The van der Waals surface area contributed by atoms with Gasteiger partial charge in [0, 0.05) is 48.2 Å². The Morgan fingerprint density at radius 3 is 2.47 bits per heavy atom. The maximum atomic E-state index is 6.19. The second kappa shape index (κ2) is 5.23. The first kappa shape index (κ1) is 13.7. The van der Waals surface area contributed by atoms with Crippen molar-refractivity contribution in [3.63, 3.8) is 0 Å². The number of nitrogens with zero attached hydrogens (tertiary/aromatic N) is 2. The van der Waals surface area contributed by atoms with Gasteiger partial charge in [-0.2, -0.15) is 0 Å². The molecule has 2 atom stereocenters. The van der Waals surface area contributed by atoms with Crippen LogP contribution in [0.3, 0.4) is 0 Å². The lowest BCUT2D eigenvalue weighted by atomic mass is 9.66. The lowest BCUT2D eigenvalue weighted by molar-refractivity contribution is -0.0997. The number of hydrogen-bond donors (Lipinski definition) is 0. The van der Waals surface area contributed by atoms with Gasteiger partial charge >= 0.3 is 0 Å². The summed E-state index contributed by atoms with van der Waals surface area (Å²) in [6, 6.07) is 3.97. The average Bonchev–Trinajstić information content (AvgIpc) is 2.35. The molecule has 4 fully saturated rings. The van der Waals surface area contributed by atoms with Crippen molar-refractivity contribution in [1.29, 1.82) is 0 Å². The molecule has 0 amide bonds. The van der Waals surface area contributed by atoms with Crippen LogP contribution in [0.5, 0.6) is 5.88 Å². The van der Waals surface area contributed by atoms with Crippen molar-refractivity contribution in [3.05, 3.63) is 22.8 Å². The molecule has 3 nitrogen and oxygen atoms in total. The number of piperidine rings is 3. The van der Waals surface area contributed by atoms with Gasteiger partial charge in [-0.05, 0) is 40.8 Å². The number of hydrogen-bond acceptors (Lipinski definition) is 3. The van der Waals surface area contributed by atoms with Crippen molar-refractivity contribution in [2.45, 2.75) is 18.9 Å². The molecule has 1 aliphatic carbocycles. The fourth-order valence-electron chi connectivity index (χ4n) is 4.13. The SMILES string of the molecule is Brc1ccc(OC2C3CC4CC2CN(C4)C3)nc1.Cl. The number of halogens is 2. The molecule has 5 rings (SSSR count). The van der Waals surface area contributed by atoms with Crippen molar-refractivity contribution in [2.24, 2.45) is 17.8 Å². The highest BCUT2D eigenvalue weighted by molar-refractivity contribution is 9.10. The highest BCUT2D eigenvalue weighted by atomic mass is 79.9. The Hall–Kier alpha value is -0.320. The van der Waals surface area contributed by atoms with E-state index in [-0.39, 0.29) is 12.4 Å². The van der Waals surface area contributed by atoms with Crippen molar-refractivity contribution < 1.29 is 4.74 Å². The van der Waals surface area contributed by atoms with E-state index in [1.54, 1.807) is 0 Å². The number of rotatable bonds is 2. The van der Waals surface area contributed by atoms with Crippen molar-refractivity contribution in [2.75, 3.05) is 19.6 Å². The van der Waals surface area contributed by atoms with Crippen LogP contribution in [0.4, 0.5) is 0 Å². The van der Waals surface area contributed by atoms with Gasteiger partial charge in [-0.15, -0.1) is 12.4 Å². The zero-order chi connectivity index (χ0) is 12.1. The molecule has 5 heteroatoms. The summed E-state index contributed by atoms with van der Waals surface area (Å²) < 4.78 is 7.19. The summed E-state index contributed by atoms with van der Waals surface area (Å²) in [5.74, 6) is 3.16. The van der Waals surface area contributed by atoms with Crippen molar-refractivity contribution in [3.8, 4) is 5.88 Å². The first-order valence-electron chi connectivity index (χ1n) is 6.78. The van der Waals surface area contributed by atoms with Crippen LogP contribution in [0.2, 0.25) is 0 Å². The van der Waals surface area contributed by atoms with Crippen molar-refractivity contribution in [1.82, 2.24) is 9.88 Å². The number of ether oxygens (including phenoxy) is 1. The van der Waals surface area contributed by atoms with Crippen LogP contribution in [0.25, 0.3) is 0 Å². The molecule has 0 radical (unpaired) electrons. The monoisotopic (exact) mass is 344 g/mol. The van der Waals surface area contributed by atoms with E-state index in [1.165, 1.54) is 32.5 Å². The van der Waals surface area contributed by atoms with Gasteiger partial charge in [0.1, 0.15) is 6.10 Å². The average molecular weight is 346 g/mol. The third-order valence-electron chi connectivity index (χ3n) is 4.66. The van der Waals surface area contributed by atoms with E-state index in [9.17, 15) is 0 Å². The molecule has 1 aromatic heterocycles. The van der Waals surface area contributed by atoms with E-state index < -0.39 is 0 Å². The lowest BCUT2D eigenvalue weighted by Crippen LogP contribution is -2.61. The van der Waals surface area contributed by atoms with Crippen LogP contribution in [-0.2, 0) is 0 Å². The molecule has 4 aliphatic rings. The molecule has 4 heterocycles. The topological polar surface area (TPSA) is 25.4 Å². The molecule has 2 unspecified atom stereocenters. The standard InChI is InChI=1S/C14H17BrN2O.ClH/c15-12-1-2-13(16-5-12)18-14-10-3-9-4-11(14)8-17(6-9)7-10;/h1-2,5,9-11,14H,3-4,6-8H2;1H. The first-order chi connectivity index (χ1) is 8.78. The van der Waals surface area contributed by atoms with Gasteiger partial charge in [-0.1, -0.05) is 0 Å². The lowest BCUT2D eigenvalue weighted by Gasteiger charge is -2.55. The van der Waals surface area contributed by atoms with Crippen LogP contribution in [-0.4, -0.2) is 35.6 Å². The number of aromatic nitrogens is 1. The maximum Gasteiger partial charge on any atom is 0.213 e. The van der Waals surface area contributed by atoms with E-state index in [0.29, 0.717) is 6.10 Å². The van der Waals surface area contributed by atoms with Crippen LogP contribution in [0.15, 0.2) is 22.8 Å². The maximum absolute atomic E-state index is 6.19. The molecule has 4 bridgehead atoms. The van der Waals surface area contributed by atoms with Crippen molar-refractivity contribution >= 4 is 28.3 Å². The smallest absolute Gasteiger partial charge is 0.213 e. The summed E-state index contributed by atoms with van der Waals surface area (Å²) in [4.78, 5) is 6.97. The molecule has 19 heavy (non-hydrogen) atoms. The Bertz CT molecular complexity index is 425. The van der Waals surface area contributed by atoms with Crippen LogP contribution in [0, 0.1) is 17.8 Å². The van der Waals surface area contributed by atoms with Gasteiger partial charge in [0.15, 0.2) is 0 Å². The quantitative estimate of drug-likeness (QED) is 0.824. The Labute approximate surface area is 128 Å². The van der Waals surface area contributed by atoms with Gasteiger partial charge in [0.2, 0.25) is 5.88 Å². The zero-order valence-electron chi connectivity index (χ0n) is 10.7. The third-order valence-corrected chi connectivity index (χ3v) is 5.13. The molecule has 1 aromatic rings. The van der Waals surface area contributed by atoms with Crippen LogP contribution < -0.4 is 4.74 Å². The van der Waals surface area contributed by atoms with E-state index in [4.69, 9.17) is 4.74 Å². The summed E-state index contributed by atoms with van der Waals surface area (Å²) in [6.45, 7) is 3.79. The molecule has 104 valence electrons. The van der Waals surface area contributed by atoms with Gasteiger partial charge in [0.25, 0.3) is 0 Å². The predicted octanol–water partition coefficient (Wildman–Crippen LogP) is 2.98. The summed E-state index contributed by atoms with van der Waals surface area (Å²) in [7, 11) is 0. The fourth-order valence-corrected chi connectivity index (χ4v) is 4.36. The van der Waals surface area contributed by atoms with E-state index in [1.807, 2.05) is 18.3 Å². The van der Waals surface area contributed by atoms with Crippen LogP contribution >= 0.6 is 28.3 Å². The second-order valence-electron chi connectivity index (χ2n) is 5.97. The highest BCUT2D eigenvalue weighted by Crippen LogP contribution is 2.44. The van der Waals surface area contributed by atoms with E-state index in [0.717, 1.165) is 28.1 Å². The fraction of sp³-hybridized carbons (Fsp3) is 0.643. The Balaban J connectivity index is 0.00000110.